The minimum Gasteiger partial charge on any atom is -0.258 e. The van der Waals surface area contributed by atoms with Gasteiger partial charge in [0, 0.05) is 18.5 Å². The number of hydrogen-bond acceptors (Lipinski definition) is 4. The summed E-state index contributed by atoms with van der Waals surface area (Å²) in [6, 6.07) is 1.48. The summed E-state index contributed by atoms with van der Waals surface area (Å²) in [6.07, 6.45) is 4.88. The van der Waals surface area contributed by atoms with E-state index in [9.17, 15) is 10.1 Å². The molecule has 0 radical (unpaired) electrons. The van der Waals surface area contributed by atoms with Crippen LogP contribution >= 0.6 is 22.6 Å². The van der Waals surface area contributed by atoms with Gasteiger partial charge in [-0.15, -0.1) is 0 Å². The molecule has 0 amide bonds. The van der Waals surface area contributed by atoms with Crippen LogP contribution in [0.1, 0.15) is 5.56 Å². The Morgan fingerprint density at radius 3 is 2.81 bits per heavy atom. The zero-order valence-electron chi connectivity index (χ0n) is 8.29. The minimum absolute atomic E-state index is 0.0421. The maximum Gasteiger partial charge on any atom is 0.314 e. The summed E-state index contributed by atoms with van der Waals surface area (Å²) in [4.78, 5) is 14.5. The van der Waals surface area contributed by atoms with E-state index in [1.807, 2.05) is 0 Å². The molecule has 0 saturated heterocycles. The number of hydrogen-bond donors (Lipinski definition) is 0. The predicted molar refractivity (Wildman–Crippen MR) is 65.5 cm³/mol. The summed E-state index contributed by atoms with van der Waals surface area (Å²) >= 11 is 2.08. The van der Waals surface area contributed by atoms with Gasteiger partial charge in [-0.1, -0.05) is 0 Å². The Balaban J connectivity index is 2.60. The number of pyridine rings is 1. The summed E-state index contributed by atoms with van der Waals surface area (Å²) in [7, 11) is 0. The molecule has 0 fully saturated rings. The van der Waals surface area contributed by atoms with Crippen molar-refractivity contribution in [3.63, 3.8) is 0 Å². The molecule has 0 aliphatic rings. The van der Waals surface area contributed by atoms with Crippen LogP contribution in [-0.4, -0.2) is 19.7 Å². The number of nitro groups is 1. The fourth-order valence-electron chi connectivity index (χ4n) is 1.27. The Kier molecular flexibility index (Phi) is 2.86. The molecule has 0 aliphatic heterocycles. The molecule has 2 aromatic rings. The van der Waals surface area contributed by atoms with Gasteiger partial charge in [0.1, 0.15) is 0 Å². The molecule has 0 unspecified atom stereocenters. The first-order valence-corrected chi connectivity index (χ1v) is 5.47. The molecule has 0 aromatic carbocycles. The van der Waals surface area contributed by atoms with Gasteiger partial charge < -0.3 is 0 Å². The van der Waals surface area contributed by atoms with E-state index in [2.05, 4.69) is 32.7 Å². The Morgan fingerprint density at radius 1 is 1.50 bits per heavy atom. The van der Waals surface area contributed by atoms with Gasteiger partial charge in [0.15, 0.2) is 0 Å². The van der Waals surface area contributed by atoms with Gasteiger partial charge in [-0.2, -0.15) is 5.10 Å². The summed E-state index contributed by atoms with van der Waals surface area (Å²) in [5.41, 5.74) is 0.705. The second kappa shape index (κ2) is 4.16. The minimum atomic E-state index is -0.454. The first-order chi connectivity index (χ1) is 7.58. The van der Waals surface area contributed by atoms with E-state index in [1.54, 1.807) is 25.5 Å². The van der Waals surface area contributed by atoms with E-state index in [4.69, 9.17) is 0 Å². The van der Waals surface area contributed by atoms with E-state index in [0.29, 0.717) is 0 Å². The van der Waals surface area contributed by atoms with Crippen LogP contribution in [0.15, 0.2) is 24.7 Å². The van der Waals surface area contributed by atoms with Crippen molar-refractivity contribution >= 4 is 28.3 Å². The number of aromatic nitrogens is 3. The molecule has 0 aliphatic carbocycles. The molecule has 2 aromatic heterocycles. The van der Waals surface area contributed by atoms with E-state index < -0.39 is 4.92 Å². The molecule has 2 heterocycles. The lowest BCUT2D eigenvalue weighted by Gasteiger charge is -2.02. The van der Waals surface area contributed by atoms with Crippen molar-refractivity contribution in [3.05, 3.63) is 43.9 Å². The van der Waals surface area contributed by atoms with Crippen molar-refractivity contribution in [3.8, 4) is 5.82 Å². The molecule has 2 rings (SSSR count). The van der Waals surface area contributed by atoms with Gasteiger partial charge in [-0.3, -0.25) is 10.1 Å². The summed E-state index contributed by atoms with van der Waals surface area (Å²) < 4.78 is 2.30. The highest BCUT2D eigenvalue weighted by Crippen LogP contribution is 2.21. The van der Waals surface area contributed by atoms with E-state index in [0.717, 1.165) is 9.13 Å². The third-order valence-corrected chi connectivity index (χ3v) is 2.51. The number of rotatable bonds is 2. The summed E-state index contributed by atoms with van der Waals surface area (Å²) in [6.45, 7) is 1.76. The van der Waals surface area contributed by atoms with Crippen LogP contribution in [0.2, 0.25) is 0 Å². The second-order valence-corrected chi connectivity index (χ2v) is 4.46. The normalized spacial score (nSPS) is 10.4. The van der Waals surface area contributed by atoms with Crippen LogP contribution in [-0.2, 0) is 0 Å². The molecule has 0 bridgehead atoms. The third kappa shape index (κ3) is 2.03. The fourth-order valence-corrected chi connectivity index (χ4v) is 1.66. The molecule has 16 heavy (non-hydrogen) atoms. The third-order valence-electron chi connectivity index (χ3n) is 1.95. The van der Waals surface area contributed by atoms with E-state index in [-0.39, 0.29) is 11.5 Å². The highest BCUT2D eigenvalue weighted by molar-refractivity contribution is 14.1. The average molecular weight is 330 g/mol. The van der Waals surface area contributed by atoms with Gasteiger partial charge in [0.2, 0.25) is 5.82 Å². The summed E-state index contributed by atoms with van der Waals surface area (Å²) in [5.74, 6) is 0.235. The number of halogens is 1. The smallest absolute Gasteiger partial charge is 0.258 e. The monoisotopic (exact) mass is 330 g/mol. The van der Waals surface area contributed by atoms with Crippen LogP contribution < -0.4 is 0 Å². The Hall–Kier alpha value is -1.51. The van der Waals surface area contributed by atoms with Gasteiger partial charge in [-0.05, 0) is 35.1 Å². The molecule has 7 heteroatoms. The maximum absolute atomic E-state index is 10.9. The van der Waals surface area contributed by atoms with Crippen molar-refractivity contribution in [1.29, 1.82) is 0 Å². The predicted octanol–water partition coefficient (Wildman–Crippen LogP) is 2.09. The SMILES string of the molecule is Cc1cnc(-n2cc(I)cn2)c([N+](=O)[O-])c1. The lowest BCUT2D eigenvalue weighted by molar-refractivity contribution is -0.385. The second-order valence-electron chi connectivity index (χ2n) is 3.22. The molecule has 6 nitrogen and oxygen atoms in total. The quantitative estimate of drug-likeness (QED) is 0.480. The lowest BCUT2D eigenvalue weighted by Crippen LogP contribution is -2.03. The zero-order valence-corrected chi connectivity index (χ0v) is 10.5. The maximum atomic E-state index is 10.9. The van der Waals surface area contributed by atoms with Crippen molar-refractivity contribution < 1.29 is 4.92 Å². The van der Waals surface area contributed by atoms with Gasteiger partial charge >= 0.3 is 5.69 Å². The van der Waals surface area contributed by atoms with Crippen LogP contribution in [0.25, 0.3) is 5.82 Å². The Bertz CT molecular complexity index is 552. The number of aryl methyl sites for hydroxylation is 1. The van der Waals surface area contributed by atoms with Crippen molar-refractivity contribution in [2.75, 3.05) is 0 Å². The van der Waals surface area contributed by atoms with Crippen molar-refractivity contribution in [2.24, 2.45) is 0 Å². The molecule has 0 saturated carbocycles. The highest BCUT2D eigenvalue weighted by atomic mass is 127. The Morgan fingerprint density at radius 2 is 2.25 bits per heavy atom. The first kappa shape index (κ1) is 11.0. The lowest BCUT2D eigenvalue weighted by atomic mass is 10.3. The molecule has 82 valence electrons. The van der Waals surface area contributed by atoms with Crippen LogP contribution in [0, 0.1) is 20.6 Å². The molecular formula is C9H7IN4O2. The van der Waals surface area contributed by atoms with Crippen LogP contribution in [0.3, 0.4) is 0 Å². The topological polar surface area (TPSA) is 73.8 Å². The number of nitrogens with zero attached hydrogens (tertiary/aromatic N) is 4. The van der Waals surface area contributed by atoms with E-state index in [1.165, 1.54) is 10.7 Å². The average Bonchev–Trinajstić information content (AvgIpc) is 2.64. The summed E-state index contributed by atoms with van der Waals surface area (Å²) in [5, 5.41) is 14.9. The molecular weight excluding hydrogens is 323 g/mol. The Labute approximate surface area is 105 Å². The molecule has 0 N–H and O–H groups in total. The van der Waals surface area contributed by atoms with Crippen molar-refractivity contribution in [1.82, 2.24) is 14.8 Å². The van der Waals surface area contributed by atoms with Crippen molar-refractivity contribution in [2.45, 2.75) is 6.92 Å². The molecule has 0 spiro atoms. The van der Waals surface area contributed by atoms with E-state index >= 15 is 0 Å². The van der Waals surface area contributed by atoms with Gasteiger partial charge in [0.25, 0.3) is 0 Å². The van der Waals surface area contributed by atoms with Gasteiger partial charge in [-0.25, -0.2) is 9.67 Å². The standard InChI is InChI=1S/C9H7IN4O2/c1-6-2-8(14(15)16)9(11-3-6)13-5-7(10)4-12-13/h2-5H,1H3. The van der Waals surface area contributed by atoms with Crippen LogP contribution in [0.4, 0.5) is 5.69 Å². The first-order valence-electron chi connectivity index (χ1n) is 4.39. The zero-order chi connectivity index (χ0) is 11.7. The fraction of sp³-hybridized carbons (Fsp3) is 0.111. The molecule has 0 atom stereocenters. The van der Waals surface area contributed by atoms with Crippen LogP contribution in [0.5, 0.6) is 0 Å². The van der Waals surface area contributed by atoms with Gasteiger partial charge in [0.05, 0.1) is 14.7 Å². The highest BCUT2D eigenvalue weighted by Gasteiger charge is 2.17. The largest absolute Gasteiger partial charge is 0.314 e.